The fourth-order valence-electron chi connectivity index (χ4n) is 1.88. The molecule has 0 unspecified atom stereocenters. The summed E-state index contributed by atoms with van der Waals surface area (Å²) in [6, 6.07) is 0. The second-order valence-electron chi connectivity index (χ2n) is 3.65. The standard InChI is InChI=1S/C12H17ClO/c1-7-8(2)11(6-13)10(4)12(14-5)9(7)3/h6H2,1-5H3. The minimum atomic E-state index is 0.551. The van der Waals surface area contributed by atoms with Crippen molar-refractivity contribution in [1.82, 2.24) is 0 Å². The number of ether oxygens (including phenoxy) is 1. The maximum absolute atomic E-state index is 5.94. The Morgan fingerprint density at radius 3 is 1.93 bits per heavy atom. The van der Waals surface area contributed by atoms with Gasteiger partial charge in [-0.1, -0.05) is 0 Å². The lowest BCUT2D eigenvalue weighted by molar-refractivity contribution is 0.407. The molecule has 1 rings (SSSR count). The Morgan fingerprint density at radius 1 is 0.929 bits per heavy atom. The van der Waals surface area contributed by atoms with E-state index in [2.05, 4.69) is 27.7 Å². The van der Waals surface area contributed by atoms with Crippen LogP contribution in [0.1, 0.15) is 27.8 Å². The lowest BCUT2D eigenvalue weighted by Crippen LogP contribution is -2.01. The average Bonchev–Trinajstić information content (AvgIpc) is 2.16. The lowest BCUT2D eigenvalue weighted by atomic mass is 9.94. The van der Waals surface area contributed by atoms with Gasteiger partial charge in [0, 0.05) is 5.88 Å². The van der Waals surface area contributed by atoms with Crippen LogP contribution in [0.3, 0.4) is 0 Å². The SMILES string of the molecule is COc1c(C)c(C)c(C)c(CCl)c1C. The first-order valence-electron chi connectivity index (χ1n) is 4.73. The van der Waals surface area contributed by atoms with Crippen molar-refractivity contribution in [2.45, 2.75) is 33.6 Å². The summed E-state index contributed by atoms with van der Waals surface area (Å²) in [6.45, 7) is 8.39. The van der Waals surface area contributed by atoms with E-state index < -0.39 is 0 Å². The Labute approximate surface area is 91.0 Å². The van der Waals surface area contributed by atoms with Gasteiger partial charge in [-0.05, 0) is 55.5 Å². The van der Waals surface area contributed by atoms with Gasteiger partial charge < -0.3 is 4.74 Å². The summed E-state index contributed by atoms with van der Waals surface area (Å²) >= 11 is 5.94. The van der Waals surface area contributed by atoms with Crippen molar-refractivity contribution in [2.24, 2.45) is 0 Å². The fourth-order valence-corrected chi connectivity index (χ4v) is 2.28. The van der Waals surface area contributed by atoms with Gasteiger partial charge >= 0.3 is 0 Å². The van der Waals surface area contributed by atoms with E-state index in [-0.39, 0.29) is 0 Å². The summed E-state index contributed by atoms with van der Waals surface area (Å²) in [7, 11) is 1.71. The van der Waals surface area contributed by atoms with Gasteiger partial charge in [-0.15, -0.1) is 11.6 Å². The van der Waals surface area contributed by atoms with E-state index in [0.29, 0.717) is 5.88 Å². The minimum absolute atomic E-state index is 0.551. The van der Waals surface area contributed by atoms with Crippen LogP contribution in [-0.4, -0.2) is 7.11 Å². The van der Waals surface area contributed by atoms with Crippen LogP contribution in [0.15, 0.2) is 0 Å². The van der Waals surface area contributed by atoms with Crippen LogP contribution >= 0.6 is 11.6 Å². The molecule has 0 spiro atoms. The first-order valence-corrected chi connectivity index (χ1v) is 5.27. The molecular weight excluding hydrogens is 196 g/mol. The van der Waals surface area contributed by atoms with Gasteiger partial charge in [0.05, 0.1) is 7.11 Å². The molecule has 0 saturated carbocycles. The molecule has 0 N–H and O–H groups in total. The minimum Gasteiger partial charge on any atom is -0.496 e. The molecule has 0 aliphatic carbocycles. The Kier molecular flexibility index (Phi) is 3.43. The van der Waals surface area contributed by atoms with Crippen molar-refractivity contribution >= 4 is 11.6 Å². The summed E-state index contributed by atoms with van der Waals surface area (Å²) in [5.41, 5.74) is 6.16. The number of alkyl halides is 1. The molecule has 0 aromatic heterocycles. The van der Waals surface area contributed by atoms with Gasteiger partial charge in [0.15, 0.2) is 0 Å². The molecule has 0 amide bonds. The van der Waals surface area contributed by atoms with E-state index in [1.165, 1.54) is 27.8 Å². The number of hydrogen-bond acceptors (Lipinski definition) is 1. The normalized spacial score (nSPS) is 10.4. The Morgan fingerprint density at radius 2 is 1.50 bits per heavy atom. The van der Waals surface area contributed by atoms with E-state index >= 15 is 0 Å². The van der Waals surface area contributed by atoms with E-state index in [1.54, 1.807) is 7.11 Å². The summed E-state index contributed by atoms with van der Waals surface area (Å²) < 4.78 is 5.40. The molecule has 0 saturated heterocycles. The van der Waals surface area contributed by atoms with Crippen LogP contribution in [0.4, 0.5) is 0 Å². The Balaban J connectivity index is 3.56. The van der Waals surface area contributed by atoms with Crippen LogP contribution in [0.5, 0.6) is 5.75 Å². The quantitative estimate of drug-likeness (QED) is 0.680. The first-order chi connectivity index (χ1) is 6.54. The number of benzene rings is 1. The molecule has 0 atom stereocenters. The lowest BCUT2D eigenvalue weighted by Gasteiger charge is -2.18. The molecule has 0 bridgehead atoms. The van der Waals surface area contributed by atoms with Gasteiger partial charge in [-0.2, -0.15) is 0 Å². The summed E-state index contributed by atoms with van der Waals surface area (Å²) in [4.78, 5) is 0. The van der Waals surface area contributed by atoms with Crippen molar-refractivity contribution in [2.75, 3.05) is 7.11 Å². The molecule has 0 aliphatic heterocycles. The molecule has 14 heavy (non-hydrogen) atoms. The predicted octanol–water partition coefficient (Wildman–Crippen LogP) is 3.67. The third-order valence-corrected chi connectivity index (χ3v) is 3.32. The molecule has 1 aromatic rings. The number of halogens is 1. The zero-order chi connectivity index (χ0) is 10.9. The summed E-state index contributed by atoms with van der Waals surface area (Å²) in [5.74, 6) is 1.53. The molecule has 2 heteroatoms. The second kappa shape index (κ2) is 4.22. The first kappa shape index (κ1) is 11.4. The highest BCUT2D eigenvalue weighted by atomic mass is 35.5. The zero-order valence-corrected chi connectivity index (χ0v) is 10.2. The van der Waals surface area contributed by atoms with E-state index in [4.69, 9.17) is 16.3 Å². The third-order valence-electron chi connectivity index (χ3n) is 3.05. The molecular formula is C12H17ClO. The molecule has 0 heterocycles. The van der Waals surface area contributed by atoms with Crippen LogP contribution in [0.2, 0.25) is 0 Å². The van der Waals surface area contributed by atoms with E-state index in [1.807, 2.05) is 0 Å². The maximum atomic E-state index is 5.94. The largest absolute Gasteiger partial charge is 0.496 e. The summed E-state index contributed by atoms with van der Waals surface area (Å²) in [5, 5.41) is 0. The molecule has 0 aliphatic rings. The smallest absolute Gasteiger partial charge is 0.125 e. The van der Waals surface area contributed by atoms with Crippen molar-refractivity contribution in [3.05, 3.63) is 27.8 Å². The third kappa shape index (κ3) is 1.61. The molecule has 0 fully saturated rings. The monoisotopic (exact) mass is 212 g/mol. The average molecular weight is 213 g/mol. The topological polar surface area (TPSA) is 9.23 Å². The van der Waals surface area contributed by atoms with Crippen LogP contribution in [-0.2, 0) is 5.88 Å². The van der Waals surface area contributed by atoms with Gasteiger partial charge in [0.25, 0.3) is 0 Å². The van der Waals surface area contributed by atoms with Gasteiger partial charge in [-0.25, -0.2) is 0 Å². The van der Waals surface area contributed by atoms with Crippen molar-refractivity contribution < 1.29 is 4.74 Å². The van der Waals surface area contributed by atoms with Crippen LogP contribution < -0.4 is 4.74 Å². The highest BCUT2D eigenvalue weighted by Gasteiger charge is 2.13. The van der Waals surface area contributed by atoms with E-state index in [9.17, 15) is 0 Å². The number of methoxy groups -OCH3 is 1. The van der Waals surface area contributed by atoms with Gasteiger partial charge in [-0.3, -0.25) is 0 Å². The second-order valence-corrected chi connectivity index (χ2v) is 3.91. The molecule has 0 radical (unpaired) electrons. The predicted molar refractivity (Wildman–Crippen MR) is 61.5 cm³/mol. The number of hydrogen-bond donors (Lipinski definition) is 0. The van der Waals surface area contributed by atoms with Crippen molar-refractivity contribution in [1.29, 1.82) is 0 Å². The Hall–Kier alpha value is -0.690. The fraction of sp³-hybridized carbons (Fsp3) is 0.500. The molecule has 1 nitrogen and oxygen atoms in total. The van der Waals surface area contributed by atoms with Crippen LogP contribution in [0, 0.1) is 27.7 Å². The maximum Gasteiger partial charge on any atom is 0.125 e. The van der Waals surface area contributed by atoms with Crippen molar-refractivity contribution in [3.63, 3.8) is 0 Å². The highest BCUT2D eigenvalue weighted by molar-refractivity contribution is 6.17. The molecule has 78 valence electrons. The zero-order valence-electron chi connectivity index (χ0n) is 9.49. The van der Waals surface area contributed by atoms with Gasteiger partial charge in [0.2, 0.25) is 0 Å². The van der Waals surface area contributed by atoms with Crippen molar-refractivity contribution in [3.8, 4) is 5.75 Å². The highest BCUT2D eigenvalue weighted by Crippen LogP contribution is 2.32. The van der Waals surface area contributed by atoms with E-state index in [0.717, 1.165) is 5.75 Å². The number of rotatable bonds is 2. The summed E-state index contributed by atoms with van der Waals surface area (Å²) in [6.07, 6.45) is 0. The molecule has 1 aromatic carbocycles. The van der Waals surface area contributed by atoms with Gasteiger partial charge in [0.1, 0.15) is 5.75 Å². The van der Waals surface area contributed by atoms with Crippen LogP contribution in [0.25, 0.3) is 0 Å². The Bertz CT molecular complexity index is 325.